The molecule has 1 N–H and O–H groups in total. The molecule has 1 unspecified atom stereocenters. The molecule has 3 heteroatoms. The van der Waals surface area contributed by atoms with Gasteiger partial charge in [-0.3, -0.25) is 4.98 Å². The maximum absolute atomic E-state index is 10.4. The molecule has 20 heavy (non-hydrogen) atoms. The summed E-state index contributed by atoms with van der Waals surface area (Å²) in [5, 5.41) is 11.5. The predicted molar refractivity (Wildman–Crippen MR) is 83.9 cm³/mol. The summed E-state index contributed by atoms with van der Waals surface area (Å²) in [6.07, 6.45) is 1.28. The van der Waals surface area contributed by atoms with Crippen molar-refractivity contribution in [3.8, 4) is 0 Å². The third kappa shape index (κ3) is 2.84. The van der Waals surface area contributed by atoms with Crippen molar-refractivity contribution in [1.82, 2.24) is 4.98 Å². The molecule has 0 aliphatic carbocycles. The zero-order valence-electron chi connectivity index (χ0n) is 10.9. The molecule has 2 nitrogen and oxygen atoms in total. The molecule has 0 bridgehead atoms. The Morgan fingerprint density at radius 1 is 0.950 bits per heavy atom. The Kier molecular flexibility index (Phi) is 4.00. The van der Waals surface area contributed by atoms with E-state index in [-0.39, 0.29) is 0 Å². The molecule has 1 heterocycles. The number of benzene rings is 2. The largest absolute Gasteiger partial charge is 0.388 e. The van der Waals surface area contributed by atoms with E-state index < -0.39 is 6.10 Å². The van der Waals surface area contributed by atoms with Crippen LogP contribution in [0.25, 0.3) is 10.9 Å². The third-order valence-electron chi connectivity index (χ3n) is 3.19. The van der Waals surface area contributed by atoms with Crippen LogP contribution in [0.4, 0.5) is 0 Å². The van der Waals surface area contributed by atoms with Crippen LogP contribution in [0, 0.1) is 0 Å². The first-order valence-electron chi connectivity index (χ1n) is 6.54. The fourth-order valence-electron chi connectivity index (χ4n) is 2.20. The van der Waals surface area contributed by atoms with Crippen LogP contribution in [0.2, 0.25) is 0 Å². The van der Waals surface area contributed by atoms with Gasteiger partial charge in [0.25, 0.3) is 0 Å². The highest BCUT2D eigenvalue weighted by atomic mass is 32.2. The van der Waals surface area contributed by atoms with Crippen molar-refractivity contribution in [3.63, 3.8) is 0 Å². The number of aliphatic hydroxyl groups excluding tert-OH is 1. The summed E-state index contributed by atoms with van der Waals surface area (Å²) in [5.74, 6) is 0.637. The molecule has 0 radical (unpaired) electrons. The van der Waals surface area contributed by atoms with Crippen molar-refractivity contribution in [2.75, 3.05) is 5.75 Å². The molecule has 0 aliphatic heterocycles. The van der Waals surface area contributed by atoms with E-state index in [4.69, 9.17) is 0 Å². The van der Waals surface area contributed by atoms with Crippen molar-refractivity contribution < 1.29 is 5.11 Å². The van der Waals surface area contributed by atoms with Gasteiger partial charge in [0.05, 0.1) is 11.6 Å². The topological polar surface area (TPSA) is 33.1 Å². The smallest absolute Gasteiger partial charge is 0.0890 e. The zero-order chi connectivity index (χ0) is 13.8. The van der Waals surface area contributed by atoms with Gasteiger partial charge in [0.2, 0.25) is 0 Å². The van der Waals surface area contributed by atoms with E-state index in [1.165, 1.54) is 4.90 Å². The number of hydrogen-bond donors (Lipinski definition) is 1. The minimum absolute atomic E-state index is 0.492. The summed E-state index contributed by atoms with van der Waals surface area (Å²) in [6.45, 7) is 0. The number of fused-ring (bicyclic) bond motifs is 1. The standard InChI is InChI=1S/C17H15NOS/c19-17(12-20-13-6-2-1-3-7-13)15-8-4-10-16-14(15)9-5-11-18-16/h1-11,17,19H,12H2. The molecule has 0 spiro atoms. The van der Waals surface area contributed by atoms with Crippen LogP contribution in [0.5, 0.6) is 0 Å². The van der Waals surface area contributed by atoms with Crippen molar-refractivity contribution in [2.45, 2.75) is 11.0 Å². The van der Waals surface area contributed by atoms with E-state index >= 15 is 0 Å². The van der Waals surface area contributed by atoms with Crippen LogP contribution in [-0.4, -0.2) is 15.8 Å². The van der Waals surface area contributed by atoms with Gasteiger partial charge in [0.15, 0.2) is 0 Å². The Bertz CT molecular complexity index is 694. The van der Waals surface area contributed by atoms with E-state index in [1.807, 2.05) is 48.5 Å². The summed E-state index contributed by atoms with van der Waals surface area (Å²) in [4.78, 5) is 5.50. The van der Waals surface area contributed by atoms with Crippen LogP contribution >= 0.6 is 11.8 Å². The normalized spacial score (nSPS) is 12.4. The molecule has 2 aromatic carbocycles. The van der Waals surface area contributed by atoms with Crippen LogP contribution in [0.1, 0.15) is 11.7 Å². The monoisotopic (exact) mass is 281 g/mol. The number of aromatic nitrogens is 1. The van der Waals surface area contributed by atoms with Gasteiger partial charge in [-0.05, 0) is 29.8 Å². The summed E-state index contributed by atoms with van der Waals surface area (Å²) in [5.41, 5.74) is 1.87. The zero-order valence-corrected chi connectivity index (χ0v) is 11.8. The van der Waals surface area contributed by atoms with Gasteiger partial charge in [0.1, 0.15) is 0 Å². The highest BCUT2D eigenvalue weighted by Gasteiger charge is 2.11. The second-order valence-corrected chi connectivity index (χ2v) is 5.65. The molecule has 0 amide bonds. The van der Waals surface area contributed by atoms with Crippen molar-refractivity contribution in [3.05, 3.63) is 72.4 Å². The van der Waals surface area contributed by atoms with Gasteiger partial charge in [-0.1, -0.05) is 36.4 Å². The number of rotatable bonds is 4. The maximum Gasteiger partial charge on any atom is 0.0890 e. The summed E-state index contributed by atoms with van der Waals surface area (Å²) in [7, 11) is 0. The Hall–Kier alpha value is -1.84. The Morgan fingerprint density at radius 2 is 1.80 bits per heavy atom. The van der Waals surface area contributed by atoms with Crippen LogP contribution in [0.3, 0.4) is 0 Å². The lowest BCUT2D eigenvalue weighted by Gasteiger charge is -2.13. The molecular weight excluding hydrogens is 266 g/mol. The van der Waals surface area contributed by atoms with E-state index in [1.54, 1.807) is 18.0 Å². The molecule has 0 aliphatic rings. The fourth-order valence-corrected chi connectivity index (χ4v) is 3.08. The Morgan fingerprint density at radius 3 is 2.65 bits per heavy atom. The van der Waals surface area contributed by atoms with Crippen LogP contribution in [-0.2, 0) is 0 Å². The number of pyridine rings is 1. The van der Waals surface area contributed by atoms with Crippen molar-refractivity contribution in [1.29, 1.82) is 0 Å². The second kappa shape index (κ2) is 6.07. The van der Waals surface area contributed by atoms with Crippen LogP contribution < -0.4 is 0 Å². The lowest BCUT2D eigenvalue weighted by Crippen LogP contribution is -2.01. The molecule has 0 fully saturated rings. The summed E-state index contributed by atoms with van der Waals surface area (Å²) >= 11 is 1.66. The molecular formula is C17H15NOS. The van der Waals surface area contributed by atoms with Crippen molar-refractivity contribution in [2.24, 2.45) is 0 Å². The van der Waals surface area contributed by atoms with E-state index in [0.29, 0.717) is 5.75 Å². The first-order valence-corrected chi connectivity index (χ1v) is 7.53. The predicted octanol–water partition coefficient (Wildman–Crippen LogP) is 4.06. The molecule has 1 atom stereocenters. The lowest BCUT2D eigenvalue weighted by molar-refractivity contribution is 0.205. The van der Waals surface area contributed by atoms with Gasteiger partial charge in [-0.25, -0.2) is 0 Å². The second-order valence-electron chi connectivity index (χ2n) is 4.56. The molecule has 3 rings (SSSR count). The Balaban J connectivity index is 1.80. The molecule has 100 valence electrons. The third-order valence-corrected chi connectivity index (χ3v) is 4.28. The summed E-state index contributed by atoms with van der Waals surface area (Å²) < 4.78 is 0. The average Bonchev–Trinajstić information content (AvgIpc) is 2.53. The minimum atomic E-state index is -0.492. The van der Waals surface area contributed by atoms with Crippen molar-refractivity contribution >= 4 is 22.7 Å². The summed E-state index contributed by atoms with van der Waals surface area (Å²) in [6, 6.07) is 19.9. The number of thioether (sulfide) groups is 1. The maximum atomic E-state index is 10.4. The highest BCUT2D eigenvalue weighted by molar-refractivity contribution is 7.99. The first-order chi connectivity index (χ1) is 9.84. The fraction of sp³-hybridized carbons (Fsp3) is 0.118. The van der Waals surface area contributed by atoms with E-state index in [0.717, 1.165) is 16.5 Å². The van der Waals surface area contributed by atoms with Gasteiger partial charge in [-0.2, -0.15) is 0 Å². The van der Waals surface area contributed by atoms with Gasteiger partial charge in [0, 0.05) is 22.2 Å². The van der Waals surface area contributed by atoms with Gasteiger partial charge in [-0.15, -0.1) is 11.8 Å². The molecule has 0 saturated carbocycles. The van der Waals surface area contributed by atoms with E-state index in [2.05, 4.69) is 17.1 Å². The Labute approximate surface area is 122 Å². The molecule has 0 saturated heterocycles. The quantitative estimate of drug-likeness (QED) is 0.732. The minimum Gasteiger partial charge on any atom is -0.388 e. The highest BCUT2D eigenvalue weighted by Crippen LogP contribution is 2.28. The van der Waals surface area contributed by atoms with E-state index in [9.17, 15) is 5.11 Å². The number of nitrogens with zero attached hydrogens (tertiary/aromatic N) is 1. The number of aliphatic hydroxyl groups is 1. The molecule has 3 aromatic rings. The lowest BCUT2D eigenvalue weighted by atomic mass is 10.0. The van der Waals surface area contributed by atoms with Crippen LogP contribution in [0.15, 0.2) is 71.8 Å². The SMILES string of the molecule is OC(CSc1ccccc1)c1cccc2ncccc12. The molecule has 1 aromatic heterocycles. The first kappa shape index (κ1) is 13.2. The van der Waals surface area contributed by atoms with Gasteiger partial charge < -0.3 is 5.11 Å². The van der Waals surface area contributed by atoms with Gasteiger partial charge >= 0.3 is 0 Å². The number of hydrogen-bond acceptors (Lipinski definition) is 3. The average molecular weight is 281 g/mol.